The number of hydrogen-bond donors (Lipinski definition) is 0. The topological polar surface area (TPSA) is 39.4 Å². The molecule has 3 aromatic rings. The molecule has 0 N–H and O–H groups in total. The number of alkyl halides is 1. The van der Waals surface area contributed by atoms with E-state index < -0.39 is 17.4 Å². The Kier molecular flexibility index (Phi) is 4.69. The molecule has 1 heterocycles. The van der Waals surface area contributed by atoms with Gasteiger partial charge in [0.1, 0.15) is 22.7 Å². The average Bonchev–Trinajstić information content (AvgIpc) is 2.95. The van der Waals surface area contributed by atoms with Crippen LogP contribution in [0.5, 0.6) is 0 Å². The van der Waals surface area contributed by atoms with Crippen LogP contribution >= 0.6 is 15.9 Å². The molecule has 25 heavy (non-hydrogen) atoms. The van der Waals surface area contributed by atoms with E-state index in [9.17, 15) is 9.18 Å². The Morgan fingerprint density at radius 2 is 2.00 bits per heavy atom. The van der Waals surface area contributed by atoms with Crippen LogP contribution in [0.1, 0.15) is 36.7 Å². The minimum absolute atomic E-state index is 0.113. The molecule has 0 saturated heterocycles. The molecule has 130 valence electrons. The van der Waals surface area contributed by atoms with Crippen LogP contribution in [-0.2, 0) is 10.1 Å². The van der Waals surface area contributed by atoms with Crippen LogP contribution in [-0.4, -0.2) is 11.6 Å². The molecule has 0 radical (unpaired) electrons. The second-order valence-corrected chi connectivity index (χ2v) is 7.35. The predicted molar refractivity (Wildman–Crippen MR) is 99.4 cm³/mol. The number of fused-ring (bicyclic) bond motifs is 1. The monoisotopic (exact) mass is 404 g/mol. The third kappa shape index (κ3) is 3.61. The van der Waals surface area contributed by atoms with E-state index in [-0.39, 0.29) is 5.56 Å². The van der Waals surface area contributed by atoms with Gasteiger partial charge in [0.2, 0.25) is 0 Å². The Morgan fingerprint density at radius 3 is 2.68 bits per heavy atom. The van der Waals surface area contributed by atoms with Gasteiger partial charge in [-0.2, -0.15) is 0 Å². The molecule has 5 heteroatoms. The molecule has 0 fully saturated rings. The van der Waals surface area contributed by atoms with Gasteiger partial charge in [0.25, 0.3) is 0 Å². The second-order valence-electron chi connectivity index (χ2n) is 6.78. The summed E-state index contributed by atoms with van der Waals surface area (Å²) in [6.07, 6.45) is 1.61. The van der Waals surface area contributed by atoms with E-state index in [1.54, 1.807) is 39.2 Å². The maximum atomic E-state index is 14.4. The van der Waals surface area contributed by atoms with Crippen molar-refractivity contribution in [2.45, 2.75) is 31.7 Å². The molecule has 3 rings (SSSR count). The summed E-state index contributed by atoms with van der Waals surface area (Å²) in [5, 5.41) is 2.44. The van der Waals surface area contributed by atoms with Gasteiger partial charge in [-0.3, -0.25) is 0 Å². The minimum Gasteiger partial charge on any atom is -0.463 e. The van der Waals surface area contributed by atoms with Gasteiger partial charge >= 0.3 is 5.97 Å². The molecule has 2 aromatic carbocycles. The SMILES string of the molecule is CC(C)(C)OC(=O)c1c(F)cccc1-c1occ2cc(CBr)ccc12. The highest BCUT2D eigenvalue weighted by atomic mass is 79.9. The fraction of sp³-hybridized carbons (Fsp3) is 0.250. The first-order valence-corrected chi connectivity index (χ1v) is 9.00. The molecule has 0 unspecified atom stereocenters. The van der Waals surface area contributed by atoms with Crippen molar-refractivity contribution in [1.29, 1.82) is 0 Å². The zero-order valence-electron chi connectivity index (χ0n) is 14.2. The van der Waals surface area contributed by atoms with E-state index in [0.29, 0.717) is 11.3 Å². The molecule has 0 atom stereocenters. The third-order valence-electron chi connectivity index (χ3n) is 3.68. The Bertz CT molecular complexity index is 938. The Morgan fingerprint density at radius 1 is 1.24 bits per heavy atom. The van der Waals surface area contributed by atoms with Crippen LogP contribution in [0, 0.1) is 5.82 Å². The average molecular weight is 405 g/mol. The maximum Gasteiger partial charge on any atom is 0.342 e. The summed E-state index contributed by atoms with van der Waals surface area (Å²) in [5.41, 5.74) is 0.660. The number of furan rings is 1. The molecule has 0 aliphatic rings. The summed E-state index contributed by atoms with van der Waals surface area (Å²) in [5.74, 6) is -0.882. The fourth-order valence-corrected chi connectivity index (χ4v) is 2.99. The number of hydrogen-bond acceptors (Lipinski definition) is 3. The van der Waals surface area contributed by atoms with Crippen molar-refractivity contribution >= 4 is 32.7 Å². The third-order valence-corrected chi connectivity index (χ3v) is 4.33. The summed E-state index contributed by atoms with van der Waals surface area (Å²) in [4.78, 5) is 12.5. The van der Waals surface area contributed by atoms with Crippen molar-refractivity contribution in [3.8, 4) is 11.3 Å². The molecule has 0 bridgehead atoms. The number of rotatable bonds is 3. The van der Waals surface area contributed by atoms with E-state index >= 15 is 0 Å². The number of carbonyl (C=O) groups excluding carboxylic acids is 1. The van der Waals surface area contributed by atoms with E-state index in [1.807, 2.05) is 18.2 Å². The highest BCUT2D eigenvalue weighted by molar-refractivity contribution is 9.08. The fourth-order valence-electron chi connectivity index (χ4n) is 2.64. The second kappa shape index (κ2) is 6.64. The van der Waals surface area contributed by atoms with Gasteiger partial charge in [-0.15, -0.1) is 0 Å². The Labute approximate surface area is 153 Å². The summed E-state index contributed by atoms with van der Waals surface area (Å²) >= 11 is 3.42. The van der Waals surface area contributed by atoms with E-state index in [0.717, 1.165) is 21.7 Å². The van der Waals surface area contributed by atoms with Gasteiger partial charge in [0.15, 0.2) is 0 Å². The first-order valence-electron chi connectivity index (χ1n) is 7.88. The van der Waals surface area contributed by atoms with E-state index in [1.165, 1.54) is 6.07 Å². The van der Waals surface area contributed by atoms with Crippen LogP contribution in [0.2, 0.25) is 0 Å². The Balaban J connectivity index is 2.15. The van der Waals surface area contributed by atoms with Gasteiger partial charge in [0.05, 0.1) is 6.26 Å². The number of halogens is 2. The predicted octanol–water partition coefficient (Wildman–Crippen LogP) is 6.09. The quantitative estimate of drug-likeness (QED) is 0.391. The maximum absolute atomic E-state index is 14.4. The van der Waals surface area contributed by atoms with Crippen molar-refractivity contribution in [2.24, 2.45) is 0 Å². The normalized spacial score (nSPS) is 11.7. The van der Waals surface area contributed by atoms with Crippen LogP contribution in [0.3, 0.4) is 0 Å². The van der Waals surface area contributed by atoms with E-state index in [2.05, 4.69) is 15.9 Å². The standard InChI is InChI=1S/C20H18BrFO3/c1-20(2,3)25-19(23)17-15(5-4-6-16(17)22)18-14-8-7-12(10-21)9-13(14)11-24-18/h4-9,11H,10H2,1-3H3. The van der Waals surface area contributed by atoms with Gasteiger partial charge in [-0.05, 0) is 38.5 Å². The van der Waals surface area contributed by atoms with Crippen LogP contribution in [0.15, 0.2) is 47.1 Å². The first kappa shape index (κ1) is 17.7. The highest BCUT2D eigenvalue weighted by Gasteiger charge is 2.26. The van der Waals surface area contributed by atoms with Gasteiger partial charge in [-0.25, -0.2) is 9.18 Å². The lowest BCUT2D eigenvalue weighted by Crippen LogP contribution is -2.25. The molecule has 0 amide bonds. The number of ether oxygens (including phenoxy) is 1. The number of benzene rings is 2. The molecule has 3 nitrogen and oxygen atoms in total. The molecule has 1 aromatic heterocycles. The van der Waals surface area contributed by atoms with Crippen molar-refractivity contribution in [1.82, 2.24) is 0 Å². The van der Waals surface area contributed by atoms with Gasteiger partial charge in [0, 0.05) is 21.7 Å². The zero-order valence-corrected chi connectivity index (χ0v) is 15.8. The van der Waals surface area contributed by atoms with Crippen molar-refractivity contribution in [2.75, 3.05) is 0 Å². The van der Waals surface area contributed by atoms with Crippen molar-refractivity contribution in [3.63, 3.8) is 0 Å². The molecule has 0 spiro atoms. The number of carbonyl (C=O) groups is 1. The van der Waals surface area contributed by atoms with Crippen molar-refractivity contribution < 1.29 is 18.3 Å². The lowest BCUT2D eigenvalue weighted by molar-refractivity contribution is 0.00655. The molecular weight excluding hydrogens is 387 g/mol. The molecular formula is C20H18BrFO3. The van der Waals surface area contributed by atoms with Crippen LogP contribution < -0.4 is 0 Å². The summed E-state index contributed by atoms with van der Waals surface area (Å²) in [7, 11) is 0. The van der Waals surface area contributed by atoms with Crippen LogP contribution in [0.4, 0.5) is 4.39 Å². The lowest BCUT2D eigenvalue weighted by atomic mass is 10.0. The highest BCUT2D eigenvalue weighted by Crippen LogP contribution is 2.35. The zero-order chi connectivity index (χ0) is 18.2. The summed E-state index contributed by atoms with van der Waals surface area (Å²) in [6, 6.07) is 10.3. The van der Waals surface area contributed by atoms with Gasteiger partial charge < -0.3 is 9.15 Å². The largest absolute Gasteiger partial charge is 0.463 e. The molecule has 0 aliphatic carbocycles. The summed E-state index contributed by atoms with van der Waals surface area (Å²) in [6.45, 7) is 5.24. The first-order chi connectivity index (χ1) is 11.8. The van der Waals surface area contributed by atoms with Crippen LogP contribution in [0.25, 0.3) is 22.1 Å². The smallest absolute Gasteiger partial charge is 0.342 e. The van der Waals surface area contributed by atoms with Crippen molar-refractivity contribution in [3.05, 3.63) is 59.6 Å². The van der Waals surface area contributed by atoms with Gasteiger partial charge in [-0.1, -0.05) is 40.2 Å². The van der Waals surface area contributed by atoms with E-state index in [4.69, 9.17) is 9.15 Å². The Hall–Kier alpha value is -2.14. The number of esters is 1. The summed E-state index contributed by atoms with van der Waals surface area (Å²) < 4.78 is 25.5. The molecule has 0 saturated carbocycles. The minimum atomic E-state index is -0.716. The molecule has 0 aliphatic heterocycles. The lowest BCUT2D eigenvalue weighted by Gasteiger charge is -2.20.